The van der Waals surface area contributed by atoms with Gasteiger partial charge in [-0.15, -0.1) is 0 Å². The predicted molar refractivity (Wildman–Crippen MR) is 108 cm³/mol. The van der Waals surface area contributed by atoms with Gasteiger partial charge in [-0.2, -0.15) is 5.10 Å². The first-order valence-corrected chi connectivity index (χ1v) is 9.49. The van der Waals surface area contributed by atoms with Crippen molar-refractivity contribution in [3.63, 3.8) is 0 Å². The van der Waals surface area contributed by atoms with E-state index in [0.717, 1.165) is 33.9 Å². The molecule has 6 heteroatoms. The summed E-state index contributed by atoms with van der Waals surface area (Å²) in [5, 5.41) is 5.20. The molecule has 1 aromatic carbocycles. The molecule has 0 saturated carbocycles. The van der Waals surface area contributed by atoms with Crippen molar-refractivity contribution >= 4 is 23.2 Å². The Balaban J connectivity index is 1.73. The van der Waals surface area contributed by atoms with Crippen LogP contribution in [0.1, 0.15) is 47.6 Å². The first kappa shape index (κ1) is 19.4. The quantitative estimate of drug-likeness (QED) is 0.652. The lowest BCUT2D eigenvalue weighted by Gasteiger charge is -2.25. The largest absolute Gasteiger partial charge is 0.339 e. The average molecular weight is 385 g/mol. The van der Waals surface area contributed by atoms with Gasteiger partial charge in [0.2, 0.25) is 5.91 Å². The molecule has 0 aliphatic heterocycles. The lowest BCUT2D eigenvalue weighted by Crippen LogP contribution is -2.30. The Morgan fingerprint density at radius 3 is 2.56 bits per heavy atom. The topological polar surface area (TPSA) is 50.5 Å². The van der Waals surface area contributed by atoms with Crippen LogP contribution < -0.4 is 0 Å². The van der Waals surface area contributed by atoms with Gasteiger partial charge < -0.3 is 4.90 Å². The molecular formula is C21H25ClN4O. The highest BCUT2D eigenvalue weighted by atomic mass is 35.5. The van der Waals surface area contributed by atoms with Crippen molar-refractivity contribution in [2.24, 2.45) is 0 Å². The zero-order valence-corrected chi connectivity index (χ0v) is 17.2. The van der Waals surface area contributed by atoms with E-state index in [1.807, 2.05) is 69.6 Å². The Bertz CT molecular complexity index is 978. The smallest absolute Gasteiger partial charge is 0.223 e. The second-order valence-electron chi connectivity index (χ2n) is 7.05. The third kappa shape index (κ3) is 3.98. The maximum atomic E-state index is 12.7. The van der Waals surface area contributed by atoms with E-state index < -0.39 is 0 Å². The molecule has 0 aliphatic carbocycles. The van der Waals surface area contributed by atoms with Crippen molar-refractivity contribution < 1.29 is 4.79 Å². The maximum Gasteiger partial charge on any atom is 0.223 e. The summed E-state index contributed by atoms with van der Waals surface area (Å²) in [4.78, 5) is 19.2. The van der Waals surface area contributed by atoms with Gasteiger partial charge in [-0.05, 0) is 57.4 Å². The van der Waals surface area contributed by atoms with Crippen molar-refractivity contribution in [1.29, 1.82) is 0 Å². The molecule has 3 aromatic rings. The van der Waals surface area contributed by atoms with Gasteiger partial charge in [-0.25, -0.2) is 9.50 Å². The molecule has 142 valence electrons. The number of rotatable bonds is 5. The highest BCUT2D eigenvalue weighted by Crippen LogP contribution is 2.23. The second-order valence-corrected chi connectivity index (χ2v) is 7.49. The highest BCUT2D eigenvalue weighted by molar-refractivity contribution is 6.30. The van der Waals surface area contributed by atoms with Gasteiger partial charge in [0.05, 0.1) is 11.7 Å². The molecule has 0 aliphatic rings. The summed E-state index contributed by atoms with van der Waals surface area (Å²) in [6.07, 6.45) is 1.08. The van der Waals surface area contributed by atoms with Crippen LogP contribution in [0, 0.1) is 20.8 Å². The van der Waals surface area contributed by atoms with Crippen LogP contribution in [0.2, 0.25) is 5.02 Å². The molecule has 0 unspecified atom stereocenters. The minimum atomic E-state index is -0.00803. The Morgan fingerprint density at radius 2 is 1.89 bits per heavy atom. The Labute approximate surface area is 165 Å². The molecule has 2 heterocycles. The molecule has 27 heavy (non-hydrogen) atoms. The van der Waals surface area contributed by atoms with Crippen molar-refractivity contribution in [2.75, 3.05) is 7.05 Å². The predicted octanol–water partition coefficient (Wildman–Crippen LogP) is 4.46. The molecule has 3 rings (SSSR count). The third-order valence-electron chi connectivity index (χ3n) is 5.20. The number of carbonyl (C=O) groups is 1. The Kier molecular flexibility index (Phi) is 5.51. The first-order chi connectivity index (χ1) is 12.8. The zero-order valence-electron chi connectivity index (χ0n) is 16.5. The number of hydrogen-bond donors (Lipinski definition) is 0. The van der Waals surface area contributed by atoms with Crippen molar-refractivity contribution in [3.05, 3.63) is 63.6 Å². The third-order valence-corrected chi connectivity index (χ3v) is 5.45. The van der Waals surface area contributed by atoms with Crippen LogP contribution in [0.3, 0.4) is 0 Å². The van der Waals surface area contributed by atoms with E-state index in [2.05, 4.69) is 10.1 Å². The minimum Gasteiger partial charge on any atom is -0.339 e. The monoisotopic (exact) mass is 384 g/mol. The molecule has 0 bridgehead atoms. The van der Waals surface area contributed by atoms with Crippen LogP contribution in [-0.2, 0) is 11.2 Å². The number of benzene rings is 1. The summed E-state index contributed by atoms with van der Waals surface area (Å²) in [6.45, 7) is 8.01. The average Bonchev–Trinajstić information content (AvgIpc) is 3.01. The van der Waals surface area contributed by atoms with Gasteiger partial charge in [0.1, 0.15) is 0 Å². The van der Waals surface area contributed by atoms with E-state index in [1.165, 1.54) is 0 Å². The number of amides is 1. The molecular weight excluding hydrogens is 360 g/mol. The fourth-order valence-corrected chi connectivity index (χ4v) is 3.52. The van der Waals surface area contributed by atoms with Gasteiger partial charge in [0.25, 0.3) is 0 Å². The summed E-state index contributed by atoms with van der Waals surface area (Å²) in [7, 11) is 1.85. The molecule has 5 nitrogen and oxygen atoms in total. The highest BCUT2D eigenvalue weighted by Gasteiger charge is 2.19. The number of carbonyl (C=O) groups excluding carboxylic acids is 1. The van der Waals surface area contributed by atoms with Crippen LogP contribution in [0.5, 0.6) is 0 Å². The molecule has 2 aromatic heterocycles. The number of aryl methyl sites for hydroxylation is 3. The van der Waals surface area contributed by atoms with E-state index in [9.17, 15) is 4.79 Å². The van der Waals surface area contributed by atoms with Gasteiger partial charge in [0, 0.05) is 35.9 Å². The van der Waals surface area contributed by atoms with Crippen LogP contribution in [0.25, 0.3) is 5.65 Å². The fraction of sp³-hybridized carbons (Fsp3) is 0.381. The van der Waals surface area contributed by atoms with Gasteiger partial charge >= 0.3 is 0 Å². The molecule has 1 atom stereocenters. The van der Waals surface area contributed by atoms with E-state index in [4.69, 9.17) is 11.6 Å². The number of aromatic nitrogens is 3. The van der Waals surface area contributed by atoms with Gasteiger partial charge in [0.15, 0.2) is 5.65 Å². The summed E-state index contributed by atoms with van der Waals surface area (Å²) >= 11 is 5.96. The second kappa shape index (κ2) is 7.69. The maximum absolute atomic E-state index is 12.7. The molecule has 0 fully saturated rings. The first-order valence-electron chi connectivity index (χ1n) is 9.11. The summed E-state index contributed by atoms with van der Waals surface area (Å²) < 4.78 is 1.86. The molecule has 0 N–H and O–H groups in total. The molecule has 0 spiro atoms. The van der Waals surface area contributed by atoms with E-state index >= 15 is 0 Å². The minimum absolute atomic E-state index is 0.00803. The molecule has 0 radical (unpaired) electrons. The van der Waals surface area contributed by atoms with Crippen LogP contribution in [-0.4, -0.2) is 32.5 Å². The summed E-state index contributed by atoms with van der Waals surface area (Å²) in [5.74, 6) is 0.105. The Morgan fingerprint density at radius 1 is 1.22 bits per heavy atom. The van der Waals surface area contributed by atoms with E-state index in [1.54, 1.807) is 4.90 Å². The Hall–Kier alpha value is -2.40. The standard InChI is InChI=1S/C21H25ClN4O/c1-13-12-20-23-14(2)19(16(4)26(20)24-13)10-11-21(27)25(5)15(3)17-6-8-18(22)9-7-17/h6-9,12,15H,10-11H2,1-5H3/t15-/m1/s1. The fourth-order valence-electron chi connectivity index (χ4n) is 3.39. The van der Waals surface area contributed by atoms with E-state index in [0.29, 0.717) is 17.9 Å². The summed E-state index contributed by atoms with van der Waals surface area (Å²) in [6, 6.07) is 9.59. The number of hydrogen-bond acceptors (Lipinski definition) is 3. The lowest BCUT2D eigenvalue weighted by molar-refractivity contribution is -0.131. The van der Waals surface area contributed by atoms with Crippen LogP contribution in [0.4, 0.5) is 0 Å². The van der Waals surface area contributed by atoms with Crippen molar-refractivity contribution in [1.82, 2.24) is 19.5 Å². The molecule has 0 saturated heterocycles. The van der Waals surface area contributed by atoms with Gasteiger partial charge in [-0.3, -0.25) is 4.79 Å². The number of halogens is 1. The zero-order chi connectivity index (χ0) is 19.7. The van der Waals surface area contributed by atoms with Crippen LogP contribution >= 0.6 is 11.6 Å². The lowest BCUT2D eigenvalue weighted by atomic mass is 10.0. The normalized spacial score (nSPS) is 12.4. The van der Waals surface area contributed by atoms with Crippen LogP contribution in [0.15, 0.2) is 30.3 Å². The summed E-state index contributed by atoms with van der Waals surface area (Å²) in [5.41, 5.74) is 5.96. The van der Waals surface area contributed by atoms with Crippen molar-refractivity contribution in [2.45, 2.75) is 46.6 Å². The van der Waals surface area contributed by atoms with Gasteiger partial charge in [-0.1, -0.05) is 23.7 Å². The SMILES string of the molecule is Cc1cc2nc(C)c(CCC(=O)N(C)[C@H](C)c3ccc(Cl)cc3)c(C)n2n1. The van der Waals surface area contributed by atoms with Crippen molar-refractivity contribution in [3.8, 4) is 0 Å². The number of fused-ring (bicyclic) bond motifs is 1. The molecule has 1 amide bonds. The van der Waals surface area contributed by atoms with E-state index in [-0.39, 0.29) is 11.9 Å². The number of nitrogens with zero attached hydrogens (tertiary/aromatic N) is 4.